The molecule has 3 aromatic rings. The summed E-state index contributed by atoms with van der Waals surface area (Å²) in [5, 5.41) is 0. The second-order valence-corrected chi connectivity index (χ2v) is 14.2. The Balaban J connectivity index is 1.15. The molecule has 1 unspecified atom stereocenters. The minimum Gasteiger partial charge on any atom is -0.369 e. The van der Waals surface area contributed by atoms with E-state index in [1.54, 1.807) is 36.4 Å². The lowest BCUT2D eigenvalue weighted by Crippen LogP contribution is -2.49. The molecular formula is C35H44F2N4O3S. The molecule has 0 saturated carbocycles. The smallest absolute Gasteiger partial charge is 0.227 e. The molecule has 0 aromatic heterocycles. The first-order valence-corrected chi connectivity index (χ1v) is 17.8. The van der Waals surface area contributed by atoms with Crippen molar-refractivity contribution in [3.63, 3.8) is 0 Å². The van der Waals surface area contributed by atoms with Crippen LogP contribution in [0.4, 0.5) is 14.5 Å². The van der Waals surface area contributed by atoms with Crippen LogP contribution in [0.25, 0.3) is 0 Å². The second kappa shape index (κ2) is 14.8. The zero-order valence-corrected chi connectivity index (χ0v) is 27.1. The molecule has 3 aromatic carbocycles. The van der Waals surface area contributed by atoms with Crippen molar-refractivity contribution in [1.82, 2.24) is 14.7 Å². The van der Waals surface area contributed by atoms with E-state index in [2.05, 4.69) is 14.7 Å². The van der Waals surface area contributed by atoms with Gasteiger partial charge in [0.2, 0.25) is 5.91 Å². The van der Waals surface area contributed by atoms with Gasteiger partial charge in [0.25, 0.3) is 0 Å². The number of likely N-dealkylation sites (tertiary alicyclic amines) is 1. The zero-order valence-electron chi connectivity index (χ0n) is 26.2. The minimum absolute atomic E-state index is 0.0639. The number of halogens is 2. The summed E-state index contributed by atoms with van der Waals surface area (Å²) in [7, 11) is -3.27. The number of hydrogen-bond donors (Lipinski definition) is 0. The molecular weight excluding hydrogens is 594 g/mol. The van der Waals surface area contributed by atoms with Crippen LogP contribution in [0.5, 0.6) is 0 Å². The molecule has 0 aliphatic carbocycles. The molecule has 2 aliphatic rings. The molecule has 2 aliphatic heterocycles. The molecule has 0 N–H and O–H groups in total. The molecule has 10 heteroatoms. The van der Waals surface area contributed by atoms with E-state index >= 15 is 0 Å². The molecule has 2 fully saturated rings. The number of rotatable bonds is 11. The van der Waals surface area contributed by atoms with Gasteiger partial charge in [0, 0.05) is 69.8 Å². The van der Waals surface area contributed by atoms with Crippen molar-refractivity contribution < 1.29 is 22.0 Å². The van der Waals surface area contributed by atoms with Crippen LogP contribution in [0.15, 0.2) is 77.7 Å². The summed E-state index contributed by atoms with van der Waals surface area (Å²) in [6.45, 7) is 8.65. The topological polar surface area (TPSA) is 64.2 Å². The monoisotopic (exact) mass is 638 g/mol. The van der Waals surface area contributed by atoms with E-state index in [1.807, 2.05) is 30.0 Å². The lowest BCUT2D eigenvalue weighted by Gasteiger charge is -2.42. The normalized spacial score (nSPS) is 17.7. The Morgan fingerprint density at radius 2 is 1.56 bits per heavy atom. The number of sulfone groups is 1. The molecule has 0 spiro atoms. The van der Waals surface area contributed by atoms with Gasteiger partial charge in [-0.2, -0.15) is 0 Å². The Hall–Kier alpha value is -3.34. The van der Waals surface area contributed by atoms with Crippen molar-refractivity contribution in [2.75, 3.05) is 63.5 Å². The molecule has 242 valence electrons. The lowest BCUT2D eigenvalue weighted by atomic mass is 9.98. The van der Waals surface area contributed by atoms with Gasteiger partial charge >= 0.3 is 0 Å². The largest absolute Gasteiger partial charge is 0.369 e. The number of anilines is 1. The highest BCUT2D eigenvalue weighted by atomic mass is 32.2. The minimum atomic E-state index is -3.27. The number of nitrogens with zero attached hydrogens (tertiary/aromatic N) is 4. The first kappa shape index (κ1) is 33.0. The molecule has 0 bridgehead atoms. The highest BCUT2D eigenvalue weighted by Crippen LogP contribution is 2.29. The quantitative estimate of drug-likeness (QED) is 0.289. The molecule has 45 heavy (non-hydrogen) atoms. The predicted octanol–water partition coefficient (Wildman–Crippen LogP) is 5.18. The van der Waals surface area contributed by atoms with Gasteiger partial charge in [-0.05, 0) is 92.4 Å². The molecule has 0 radical (unpaired) electrons. The standard InChI is InChI=1S/C35H44F2N4O3S/c1-3-41(35(42)25-27-7-13-33(14-8-27)45(2,43)44)32-15-18-38(19-16-32)20-17-34(28-5-4-6-30(37)26-28)40-23-21-39(22-24-40)31-11-9-29(36)10-12-31/h4-14,26,32,34H,3,15-25H2,1-2H3. The maximum absolute atomic E-state index is 14.3. The number of amides is 1. The van der Waals surface area contributed by atoms with E-state index in [0.29, 0.717) is 6.54 Å². The van der Waals surface area contributed by atoms with Crippen molar-refractivity contribution in [2.45, 2.75) is 49.6 Å². The Labute approximate surface area is 266 Å². The average Bonchev–Trinajstić information content (AvgIpc) is 3.03. The number of carbonyl (C=O) groups is 1. The van der Waals surface area contributed by atoms with E-state index in [-0.39, 0.29) is 40.9 Å². The number of carbonyl (C=O) groups excluding carboxylic acids is 1. The average molecular weight is 639 g/mol. The number of likely N-dealkylation sites (N-methyl/N-ethyl adjacent to an activating group) is 1. The van der Waals surface area contributed by atoms with E-state index in [4.69, 9.17) is 0 Å². The number of piperidine rings is 1. The third-order valence-corrected chi connectivity index (χ3v) is 10.4. The van der Waals surface area contributed by atoms with Crippen LogP contribution < -0.4 is 4.90 Å². The van der Waals surface area contributed by atoms with Gasteiger partial charge in [0.1, 0.15) is 11.6 Å². The van der Waals surface area contributed by atoms with Crippen LogP contribution in [0.2, 0.25) is 0 Å². The van der Waals surface area contributed by atoms with Crippen molar-refractivity contribution in [3.05, 3.63) is 95.6 Å². The zero-order chi connectivity index (χ0) is 32.0. The van der Waals surface area contributed by atoms with Gasteiger partial charge in [0.05, 0.1) is 11.3 Å². The fraction of sp³-hybridized carbons (Fsp3) is 0.457. The SMILES string of the molecule is CCN(C(=O)Cc1ccc(S(C)(=O)=O)cc1)C1CCN(CCC(c2cccc(F)c2)N2CCN(c3ccc(F)cc3)CC2)CC1. The van der Waals surface area contributed by atoms with Crippen LogP contribution in [0.1, 0.15) is 43.4 Å². The van der Waals surface area contributed by atoms with Crippen molar-refractivity contribution in [1.29, 1.82) is 0 Å². The summed E-state index contributed by atoms with van der Waals surface area (Å²) in [4.78, 5) is 22.6. The maximum atomic E-state index is 14.3. The van der Waals surface area contributed by atoms with Gasteiger partial charge in [-0.15, -0.1) is 0 Å². The van der Waals surface area contributed by atoms with Gasteiger partial charge < -0.3 is 14.7 Å². The van der Waals surface area contributed by atoms with Crippen LogP contribution in [-0.4, -0.2) is 93.7 Å². The fourth-order valence-corrected chi connectivity index (χ4v) is 7.38. The Morgan fingerprint density at radius 3 is 2.16 bits per heavy atom. The first-order chi connectivity index (χ1) is 21.6. The molecule has 2 saturated heterocycles. The lowest BCUT2D eigenvalue weighted by molar-refractivity contribution is -0.133. The van der Waals surface area contributed by atoms with E-state index in [1.165, 1.54) is 24.5 Å². The third-order valence-electron chi connectivity index (χ3n) is 9.26. The molecule has 1 atom stereocenters. The molecule has 2 heterocycles. The molecule has 5 rings (SSSR count). The Kier molecular flexibility index (Phi) is 10.9. The van der Waals surface area contributed by atoms with Crippen molar-refractivity contribution in [3.8, 4) is 0 Å². The van der Waals surface area contributed by atoms with Gasteiger partial charge in [0.15, 0.2) is 9.84 Å². The van der Waals surface area contributed by atoms with Gasteiger partial charge in [-0.3, -0.25) is 9.69 Å². The Bertz CT molecular complexity index is 1520. The summed E-state index contributed by atoms with van der Waals surface area (Å²) < 4.78 is 51.3. The van der Waals surface area contributed by atoms with Crippen molar-refractivity contribution >= 4 is 21.4 Å². The van der Waals surface area contributed by atoms with Crippen LogP contribution in [0, 0.1) is 11.6 Å². The molecule has 7 nitrogen and oxygen atoms in total. The third kappa shape index (κ3) is 8.68. The molecule has 1 amide bonds. The summed E-state index contributed by atoms with van der Waals surface area (Å²) in [5.74, 6) is -0.395. The second-order valence-electron chi connectivity index (χ2n) is 12.2. The first-order valence-electron chi connectivity index (χ1n) is 15.9. The van der Waals surface area contributed by atoms with E-state index in [9.17, 15) is 22.0 Å². The van der Waals surface area contributed by atoms with Gasteiger partial charge in [-0.1, -0.05) is 24.3 Å². The van der Waals surface area contributed by atoms with E-state index in [0.717, 1.165) is 81.9 Å². The fourth-order valence-electron chi connectivity index (χ4n) is 6.75. The predicted molar refractivity (Wildman–Crippen MR) is 174 cm³/mol. The summed E-state index contributed by atoms with van der Waals surface area (Å²) in [6, 6.07) is 20.4. The number of benzene rings is 3. The summed E-state index contributed by atoms with van der Waals surface area (Å²) in [6.07, 6.45) is 4.10. The highest BCUT2D eigenvalue weighted by molar-refractivity contribution is 7.90. The highest BCUT2D eigenvalue weighted by Gasteiger charge is 2.29. The number of piperazine rings is 1. The summed E-state index contributed by atoms with van der Waals surface area (Å²) in [5.41, 5.74) is 2.82. The summed E-state index contributed by atoms with van der Waals surface area (Å²) >= 11 is 0. The van der Waals surface area contributed by atoms with E-state index < -0.39 is 9.84 Å². The van der Waals surface area contributed by atoms with Gasteiger partial charge in [-0.25, -0.2) is 17.2 Å². The van der Waals surface area contributed by atoms with Crippen LogP contribution in [0.3, 0.4) is 0 Å². The van der Waals surface area contributed by atoms with Crippen molar-refractivity contribution in [2.24, 2.45) is 0 Å². The Morgan fingerprint density at radius 1 is 0.889 bits per heavy atom. The van der Waals surface area contributed by atoms with Crippen LogP contribution >= 0.6 is 0 Å². The van der Waals surface area contributed by atoms with Crippen LogP contribution in [-0.2, 0) is 21.1 Å². The maximum Gasteiger partial charge on any atom is 0.227 e. The number of hydrogen-bond acceptors (Lipinski definition) is 6.